The van der Waals surface area contributed by atoms with Gasteiger partial charge in [0.25, 0.3) is 11.6 Å². The smallest absolute Gasteiger partial charge is 0.271 e. The predicted octanol–water partition coefficient (Wildman–Crippen LogP) is 4.44. The Kier molecular flexibility index (Phi) is 4.53. The first kappa shape index (κ1) is 17.7. The van der Waals surface area contributed by atoms with E-state index >= 15 is 0 Å². The monoisotopic (exact) mass is 374 g/mol. The van der Waals surface area contributed by atoms with E-state index in [1.54, 1.807) is 29.2 Å². The van der Waals surface area contributed by atoms with Gasteiger partial charge in [-0.3, -0.25) is 19.8 Å². The largest absolute Gasteiger partial charge is 0.478 e. The van der Waals surface area contributed by atoms with Gasteiger partial charge in [0.15, 0.2) is 0 Å². The van der Waals surface area contributed by atoms with Crippen molar-refractivity contribution >= 4 is 17.3 Å². The molecule has 1 saturated heterocycles. The Balaban J connectivity index is 1.69. The number of hydrogen-bond donors (Lipinski definition) is 0. The molecule has 1 aliphatic heterocycles. The molecule has 0 N–H and O–H groups in total. The van der Waals surface area contributed by atoms with Crippen LogP contribution in [0.5, 0.6) is 5.75 Å². The maximum Gasteiger partial charge on any atom is 0.271 e. The van der Waals surface area contributed by atoms with Gasteiger partial charge in [-0.25, -0.2) is 0 Å². The lowest BCUT2D eigenvalue weighted by Crippen LogP contribution is -2.61. The quantitative estimate of drug-likeness (QED) is 0.376. The Labute approximate surface area is 162 Å². The van der Waals surface area contributed by atoms with Crippen molar-refractivity contribution in [2.75, 3.05) is 4.90 Å². The van der Waals surface area contributed by atoms with E-state index in [0.717, 1.165) is 16.8 Å². The molecule has 3 aromatic rings. The van der Waals surface area contributed by atoms with Crippen molar-refractivity contribution in [3.8, 4) is 5.75 Å². The first-order valence-corrected chi connectivity index (χ1v) is 8.90. The number of aryl methyl sites for hydroxylation is 1. The molecule has 0 saturated carbocycles. The SMILES string of the molecule is Cc1ccc(N2C(=O)C(Oc3ccccc3)C2c2ccc([N+](=O)[O-])cc2)cc1. The van der Waals surface area contributed by atoms with Crippen molar-refractivity contribution in [2.24, 2.45) is 0 Å². The fraction of sp³-hybridized carbons (Fsp3) is 0.136. The predicted molar refractivity (Wildman–Crippen MR) is 105 cm³/mol. The average Bonchev–Trinajstić information content (AvgIpc) is 2.72. The number of carbonyl (C=O) groups is 1. The van der Waals surface area contributed by atoms with E-state index in [4.69, 9.17) is 4.74 Å². The molecule has 2 atom stereocenters. The standard InChI is InChI=1S/C22H18N2O4/c1-15-7-11-17(12-8-15)23-20(16-9-13-18(14-10-16)24(26)27)21(22(23)25)28-19-5-3-2-4-6-19/h2-14,20-21H,1H3. The average molecular weight is 374 g/mol. The number of carbonyl (C=O) groups excluding carboxylic acids is 1. The molecule has 28 heavy (non-hydrogen) atoms. The van der Waals surface area contributed by atoms with Gasteiger partial charge in [0.1, 0.15) is 11.8 Å². The lowest BCUT2D eigenvalue weighted by molar-refractivity contribution is -0.384. The number of nitro benzene ring substituents is 1. The molecule has 0 bridgehead atoms. The van der Waals surface area contributed by atoms with Crippen LogP contribution in [0.4, 0.5) is 11.4 Å². The van der Waals surface area contributed by atoms with Crippen molar-refractivity contribution in [3.05, 3.63) is 100 Å². The Hall–Kier alpha value is -3.67. The number of β-lactam (4-membered cyclic amide) rings is 1. The van der Waals surface area contributed by atoms with E-state index in [1.807, 2.05) is 49.4 Å². The lowest BCUT2D eigenvalue weighted by atomic mass is 9.89. The number of hydrogen-bond acceptors (Lipinski definition) is 4. The second-order valence-corrected chi connectivity index (χ2v) is 6.69. The molecule has 1 aliphatic rings. The van der Waals surface area contributed by atoms with Gasteiger partial charge in [0.2, 0.25) is 6.10 Å². The summed E-state index contributed by atoms with van der Waals surface area (Å²) in [6.07, 6.45) is -0.690. The highest BCUT2D eigenvalue weighted by atomic mass is 16.6. The third kappa shape index (κ3) is 3.20. The van der Waals surface area contributed by atoms with E-state index in [0.29, 0.717) is 5.75 Å². The summed E-state index contributed by atoms with van der Waals surface area (Å²) in [5, 5.41) is 11.0. The zero-order valence-corrected chi connectivity index (χ0v) is 15.2. The molecule has 1 amide bonds. The topological polar surface area (TPSA) is 72.7 Å². The number of rotatable bonds is 5. The van der Waals surface area contributed by atoms with Crippen LogP contribution >= 0.6 is 0 Å². The number of nitrogens with zero attached hydrogens (tertiary/aromatic N) is 2. The van der Waals surface area contributed by atoms with Crippen LogP contribution in [0.2, 0.25) is 0 Å². The molecule has 2 unspecified atom stereocenters. The number of para-hydroxylation sites is 1. The van der Waals surface area contributed by atoms with Gasteiger partial charge in [-0.05, 0) is 48.9 Å². The van der Waals surface area contributed by atoms with Gasteiger partial charge in [-0.15, -0.1) is 0 Å². The van der Waals surface area contributed by atoms with E-state index in [2.05, 4.69) is 0 Å². The van der Waals surface area contributed by atoms with E-state index in [-0.39, 0.29) is 17.6 Å². The highest BCUT2D eigenvalue weighted by Gasteiger charge is 2.51. The number of ether oxygens (including phenoxy) is 1. The summed E-state index contributed by atoms with van der Waals surface area (Å²) in [6.45, 7) is 1.98. The van der Waals surface area contributed by atoms with Gasteiger partial charge in [0.05, 0.1) is 4.92 Å². The molecule has 0 aromatic heterocycles. The molecule has 0 spiro atoms. The molecular formula is C22H18N2O4. The minimum atomic E-state index is -0.690. The molecule has 4 rings (SSSR count). The maximum atomic E-state index is 12.9. The van der Waals surface area contributed by atoms with Crippen molar-refractivity contribution in [1.82, 2.24) is 0 Å². The third-order valence-corrected chi connectivity index (χ3v) is 4.81. The number of nitro groups is 1. The maximum absolute atomic E-state index is 12.9. The first-order valence-electron chi connectivity index (χ1n) is 8.90. The molecular weight excluding hydrogens is 356 g/mol. The summed E-state index contributed by atoms with van der Waals surface area (Å²) in [4.78, 5) is 25.1. The van der Waals surface area contributed by atoms with E-state index in [9.17, 15) is 14.9 Å². The second kappa shape index (κ2) is 7.15. The van der Waals surface area contributed by atoms with Gasteiger partial charge in [-0.1, -0.05) is 35.9 Å². The molecule has 140 valence electrons. The number of amides is 1. The Bertz CT molecular complexity index is 1000. The molecule has 0 radical (unpaired) electrons. The van der Waals surface area contributed by atoms with Crippen LogP contribution in [-0.4, -0.2) is 16.9 Å². The van der Waals surface area contributed by atoms with Crippen molar-refractivity contribution < 1.29 is 14.5 Å². The number of anilines is 1. The fourth-order valence-electron chi connectivity index (χ4n) is 3.33. The van der Waals surface area contributed by atoms with Crippen molar-refractivity contribution in [2.45, 2.75) is 19.1 Å². The van der Waals surface area contributed by atoms with Crippen molar-refractivity contribution in [1.29, 1.82) is 0 Å². The highest BCUT2D eigenvalue weighted by molar-refractivity contribution is 6.05. The van der Waals surface area contributed by atoms with Crippen LogP contribution in [0.3, 0.4) is 0 Å². The van der Waals surface area contributed by atoms with Crippen LogP contribution in [0, 0.1) is 17.0 Å². The highest BCUT2D eigenvalue weighted by Crippen LogP contribution is 2.41. The molecule has 6 heteroatoms. The van der Waals surface area contributed by atoms with Gasteiger partial charge in [-0.2, -0.15) is 0 Å². The molecule has 6 nitrogen and oxygen atoms in total. The summed E-state index contributed by atoms with van der Waals surface area (Å²) in [5.41, 5.74) is 2.66. The van der Waals surface area contributed by atoms with Gasteiger partial charge < -0.3 is 4.74 Å². The van der Waals surface area contributed by atoms with Crippen LogP contribution < -0.4 is 9.64 Å². The zero-order chi connectivity index (χ0) is 19.7. The Morgan fingerprint density at radius 1 is 0.929 bits per heavy atom. The van der Waals surface area contributed by atoms with Gasteiger partial charge >= 0.3 is 0 Å². The molecule has 0 aliphatic carbocycles. The van der Waals surface area contributed by atoms with Gasteiger partial charge in [0, 0.05) is 17.8 Å². The second-order valence-electron chi connectivity index (χ2n) is 6.69. The zero-order valence-electron chi connectivity index (χ0n) is 15.2. The summed E-state index contributed by atoms with van der Waals surface area (Å²) >= 11 is 0. The fourth-order valence-corrected chi connectivity index (χ4v) is 3.33. The Morgan fingerprint density at radius 2 is 1.57 bits per heavy atom. The van der Waals surface area contributed by atoms with Crippen LogP contribution in [0.1, 0.15) is 17.2 Å². The normalized spacial score (nSPS) is 18.5. The Morgan fingerprint density at radius 3 is 2.18 bits per heavy atom. The first-order chi connectivity index (χ1) is 13.5. The van der Waals surface area contributed by atoms with Crippen LogP contribution in [-0.2, 0) is 4.79 Å². The summed E-state index contributed by atoms with van der Waals surface area (Å²) in [7, 11) is 0. The third-order valence-electron chi connectivity index (χ3n) is 4.81. The number of non-ortho nitro benzene ring substituents is 1. The summed E-state index contributed by atoms with van der Waals surface area (Å²) < 4.78 is 5.96. The minimum Gasteiger partial charge on any atom is -0.478 e. The summed E-state index contributed by atoms with van der Waals surface area (Å²) in [5.74, 6) is 0.465. The molecule has 1 fully saturated rings. The minimum absolute atomic E-state index is 0.0109. The van der Waals surface area contributed by atoms with Crippen LogP contribution in [0.25, 0.3) is 0 Å². The van der Waals surface area contributed by atoms with Crippen molar-refractivity contribution in [3.63, 3.8) is 0 Å². The van der Waals surface area contributed by atoms with E-state index in [1.165, 1.54) is 12.1 Å². The molecule has 1 heterocycles. The summed E-state index contributed by atoms with van der Waals surface area (Å²) in [6, 6.07) is 22.7. The molecule has 3 aromatic carbocycles. The van der Waals surface area contributed by atoms with E-state index < -0.39 is 11.0 Å². The lowest BCUT2D eigenvalue weighted by Gasteiger charge is -2.46. The van der Waals surface area contributed by atoms with Crippen LogP contribution in [0.15, 0.2) is 78.9 Å². The number of benzene rings is 3.